The molecule has 0 saturated heterocycles. The molecule has 14 heteroatoms. The monoisotopic (exact) mass is 531 g/mol. The van der Waals surface area contributed by atoms with Gasteiger partial charge in [-0.1, -0.05) is 18.2 Å². The van der Waals surface area contributed by atoms with Gasteiger partial charge in [0.2, 0.25) is 17.7 Å². The van der Waals surface area contributed by atoms with Crippen molar-refractivity contribution in [3.8, 4) is 0 Å². The van der Waals surface area contributed by atoms with Gasteiger partial charge in [0.1, 0.15) is 18.1 Å². The van der Waals surface area contributed by atoms with Crippen molar-refractivity contribution in [1.29, 1.82) is 0 Å². The van der Waals surface area contributed by atoms with Gasteiger partial charge < -0.3 is 41.9 Å². The number of aliphatic hydroxyl groups is 1. The first-order valence-corrected chi connectivity index (χ1v) is 12.0. The SMILES string of the molecule is NC(Cc1cnc[nH]1)C(=O)NC(CS)C(=O)NC(CO)C(=O)NC(Cc1c[nH]c2ccccc12)C(=O)O. The van der Waals surface area contributed by atoms with Crippen LogP contribution in [0.2, 0.25) is 0 Å². The lowest BCUT2D eigenvalue weighted by molar-refractivity contribution is -0.142. The van der Waals surface area contributed by atoms with E-state index in [1.54, 1.807) is 6.20 Å². The van der Waals surface area contributed by atoms with E-state index in [1.165, 1.54) is 12.5 Å². The second-order valence-electron chi connectivity index (χ2n) is 8.34. The van der Waals surface area contributed by atoms with Gasteiger partial charge in [-0.2, -0.15) is 12.6 Å². The van der Waals surface area contributed by atoms with Gasteiger partial charge in [0.15, 0.2) is 0 Å². The van der Waals surface area contributed by atoms with Crippen molar-refractivity contribution in [2.24, 2.45) is 5.73 Å². The number of nitrogens with two attached hydrogens (primary N) is 1. The van der Waals surface area contributed by atoms with Crippen molar-refractivity contribution < 1.29 is 29.4 Å². The summed E-state index contributed by atoms with van der Waals surface area (Å²) in [6.45, 7) is -0.802. The number of benzene rings is 1. The average Bonchev–Trinajstić information content (AvgIpc) is 3.54. The zero-order chi connectivity index (χ0) is 26.9. The van der Waals surface area contributed by atoms with E-state index in [4.69, 9.17) is 5.73 Å². The molecule has 0 fully saturated rings. The quantitative estimate of drug-likeness (QED) is 0.118. The molecular formula is C23H29N7O6S. The number of carbonyl (C=O) groups is 4. The van der Waals surface area contributed by atoms with Gasteiger partial charge in [0.05, 0.1) is 19.0 Å². The highest BCUT2D eigenvalue weighted by Crippen LogP contribution is 2.19. The Balaban J connectivity index is 1.59. The lowest BCUT2D eigenvalue weighted by Crippen LogP contribution is -2.58. The number of hydrogen-bond acceptors (Lipinski definition) is 8. The summed E-state index contributed by atoms with van der Waals surface area (Å²) in [5, 5.41) is 27.3. The van der Waals surface area contributed by atoms with Crippen LogP contribution in [0.5, 0.6) is 0 Å². The fraction of sp³-hybridized carbons (Fsp3) is 0.348. The van der Waals surface area contributed by atoms with Gasteiger partial charge in [-0.05, 0) is 11.6 Å². The second kappa shape index (κ2) is 12.9. The molecule has 0 saturated carbocycles. The predicted octanol–water partition coefficient (Wildman–Crippen LogP) is -1.54. The number of para-hydroxylation sites is 1. The van der Waals surface area contributed by atoms with Crippen LogP contribution in [0, 0.1) is 0 Å². The summed E-state index contributed by atoms with van der Waals surface area (Å²) < 4.78 is 0. The number of carboxylic acid groups (broad SMARTS) is 1. The Morgan fingerprint density at radius 3 is 2.30 bits per heavy atom. The largest absolute Gasteiger partial charge is 0.480 e. The van der Waals surface area contributed by atoms with Gasteiger partial charge >= 0.3 is 5.97 Å². The summed E-state index contributed by atoms with van der Waals surface area (Å²) in [6.07, 6.45) is 4.75. The number of imidazole rings is 1. The van der Waals surface area contributed by atoms with Crippen LogP contribution in [0.4, 0.5) is 0 Å². The molecule has 0 spiro atoms. The Labute approximate surface area is 217 Å². The molecule has 1 aromatic carbocycles. The number of hydrogen-bond donors (Lipinski definition) is 9. The molecule has 3 rings (SSSR count). The average molecular weight is 532 g/mol. The fourth-order valence-electron chi connectivity index (χ4n) is 3.66. The lowest BCUT2D eigenvalue weighted by Gasteiger charge is -2.23. The van der Waals surface area contributed by atoms with E-state index >= 15 is 0 Å². The summed E-state index contributed by atoms with van der Waals surface area (Å²) in [5.41, 5.74) is 8.01. The van der Waals surface area contributed by atoms with E-state index in [2.05, 4.69) is 43.5 Å². The van der Waals surface area contributed by atoms with Crippen LogP contribution in [-0.4, -0.2) is 85.4 Å². The smallest absolute Gasteiger partial charge is 0.326 e. The van der Waals surface area contributed by atoms with Crippen LogP contribution in [0.3, 0.4) is 0 Å². The first-order chi connectivity index (χ1) is 17.7. The molecule has 0 radical (unpaired) electrons. The maximum absolute atomic E-state index is 12.7. The summed E-state index contributed by atoms with van der Waals surface area (Å²) in [4.78, 5) is 59.4. The number of aliphatic carboxylic acids is 1. The number of nitrogens with one attached hydrogen (secondary N) is 5. The van der Waals surface area contributed by atoms with Crippen molar-refractivity contribution >= 4 is 47.2 Å². The Morgan fingerprint density at radius 1 is 0.973 bits per heavy atom. The maximum atomic E-state index is 12.7. The third kappa shape index (κ3) is 7.31. The summed E-state index contributed by atoms with van der Waals surface area (Å²) in [6, 6.07) is 2.39. The molecule has 37 heavy (non-hydrogen) atoms. The van der Waals surface area contributed by atoms with Crippen LogP contribution >= 0.6 is 12.6 Å². The molecule has 0 aliphatic carbocycles. The zero-order valence-corrected chi connectivity index (χ0v) is 20.6. The normalized spacial score (nSPS) is 14.4. The fourth-order valence-corrected chi connectivity index (χ4v) is 3.92. The highest BCUT2D eigenvalue weighted by molar-refractivity contribution is 7.80. The van der Waals surface area contributed by atoms with Crippen LogP contribution < -0.4 is 21.7 Å². The van der Waals surface area contributed by atoms with E-state index in [1.807, 2.05) is 24.3 Å². The molecule has 0 aliphatic heterocycles. The highest BCUT2D eigenvalue weighted by Gasteiger charge is 2.30. The first kappa shape index (κ1) is 27.7. The lowest BCUT2D eigenvalue weighted by atomic mass is 10.0. The molecule has 4 atom stereocenters. The number of aliphatic hydroxyl groups excluding tert-OH is 1. The summed E-state index contributed by atoms with van der Waals surface area (Å²) >= 11 is 4.08. The first-order valence-electron chi connectivity index (χ1n) is 11.4. The molecule has 3 amide bonds. The molecule has 2 aromatic heterocycles. The number of rotatable bonds is 13. The van der Waals surface area contributed by atoms with Crippen molar-refractivity contribution in [2.75, 3.05) is 12.4 Å². The van der Waals surface area contributed by atoms with E-state index in [9.17, 15) is 29.4 Å². The van der Waals surface area contributed by atoms with Crippen molar-refractivity contribution in [3.05, 3.63) is 54.2 Å². The van der Waals surface area contributed by atoms with Gasteiger partial charge in [0, 0.05) is 47.6 Å². The number of carbonyl (C=O) groups excluding carboxylic acids is 3. The number of H-pyrrole nitrogens is 2. The molecule has 0 aliphatic rings. The van der Waals surface area contributed by atoms with Crippen LogP contribution in [-0.2, 0) is 32.0 Å². The number of fused-ring (bicyclic) bond motifs is 1. The Hall–Kier alpha value is -3.88. The van der Waals surface area contributed by atoms with E-state index in [0.717, 1.165) is 10.9 Å². The topological polar surface area (TPSA) is 215 Å². The standard InChI is InChI=1S/C23H29N7O6S/c24-15(6-13-8-25-11-27-13)20(32)30-19(10-37)22(34)29-18(9-31)21(33)28-17(23(35)36)5-12-7-26-16-4-2-1-3-14(12)16/h1-4,7-8,11,15,17-19,26,31,37H,5-6,9-10,24H2,(H,25,27)(H,28,33)(H,29,34)(H,30,32)(H,35,36). The number of aromatic amines is 2. The highest BCUT2D eigenvalue weighted by atomic mass is 32.1. The summed E-state index contributed by atoms with van der Waals surface area (Å²) in [5.74, 6) is -3.73. The third-order valence-corrected chi connectivity index (χ3v) is 6.04. The molecule has 2 heterocycles. The molecule has 4 unspecified atom stereocenters. The van der Waals surface area contributed by atoms with Gasteiger partial charge in [-0.25, -0.2) is 9.78 Å². The minimum absolute atomic E-state index is 0.0271. The van der Waals surface area contributed by atoms with Crippen LogP contribution in [0.1, 0.15) is 11.3 Å². The number of aromatic nitrogens is 3. The molecule has 0 bridgehead atoms. The van der Waals surface area contributed by atoms with E-state index in [0.29, 0.717) is 11.3 Å². The number of nitrogens with zero attached hydrogens (tertiary/aromatic N) is 1. The molecule has 13 nitrogen and oxygen atoms in total. The van der Waals surface area contributed by atoms with Crippen LogP contribution in [0.15, 0.2) is 43.0 Å². The van der Waals surface area contributed by atoms with Gasteiger partial charge in [-0.3, -0.25) is 14.4 Å². The van der Waals surface area contributed by atoms with Gasteiger partial charge in [-0.15, -0.1) is 0 Å². The molecule has 3 aromatic rings. The minimum Gasteiger partial charge on any atom is -0.480 e. The van der Waals surface area contributed by atoms with Gasteiger partial charge in [0.25, 0.3) is 0 Å². The van der Waals surface area contributed by atoms with E-state index < -0.39 is 54.5 Å². The van der Waals surface area contributed by atoms with Crippen molar-refractivity contribution in [2.45, 2.75) is 37.0 Å². The molecule has 9 N–H and O–H groups in total. The summed E-state index contributed by atoms with van der Waals surface area (Å²) in [7, 11) is 0. The molecular weight excluding hydrogens is 502 g/mol. The predicted molar refractivity (Wildman–Crippen MR) is 137 cm³/mol. The number of carboxylic acids is 1. The Bertz CT molecular complexity index is 1230. The Kier molecular flexibility index (Phi) is 9.65. The van der Waals surface area contributed by atoms with Crippen molar-refractivity contribution in [3.63, 3.8) is 0 Å². The van der Waals surface area contributed by atoms with Crippen LogP contribution in [0.25, 0.3) is 10.9 Å². The zero-order valence-electron chi connectivity index (χ0n) is 19.7. The molecule has 198 valence electrons. The van der Waals surface area contributed by atoms with E-state index in [-0.39, 0.29) is 18.6 Å². The van der Waals surface area contributed by atoms with Crippen molar-refractivity contribution in [1.82, 2.24) is 30.9 Å². The Morgan fingerprint density at radius 2 is 1.65 bits per heavy atom. The number of thiol groups is 1. The number of amides is 3. The maximum Gasteiger partial charge on any atom is 0.326 e. The third-order valence-electron chi connectivity index (χ3n) is 5.68. The minimum atomic E-state index is -1.46. The second-order valence-corrected chi connectivity index (χ2v) is 8.70.